The van der Waals surface area contributed by atoms with Gasteiger partial charge >= 0.3 is 0 Å². The Morgan fingerprint density at radius 3 is 2.45 bits per heavy atom. The Morgan fingerprint density at radius 1 is 1.00 bits per heavy atom. The first-order valence-corrected chi connectivity index (χ1v) is 14.4. The highest BCUT2D eigenvalue weighted by Gasteiger charge is 2.46. The molecule has 40 heavy (non-hydrogen) atoms. The van der Waals surface area contributed by atoms with Crippen molar-refractivity contribution in [3.63, 3.8) is 0 Å². The van der Waals surface area contributed by atoms with Crippen LogP contribution in [-0.4, -0.2) is 84.5 Å². The Hall–Kier alpha value is -1.94. The van der Waals surface area contributed by atoms with Crippen LogP contribution in [0.25, 0.3) is 0 Å². The molecule has 8 nitrogen and oxygen atoms in total. The second kappa shape index (κ2) is 14.3. The first kappa shape index (κ1) is 32.6. The number of alkyl halides is 1. The summed E-state index contributed by atoms with van der Waals surface area (Å²) in [5, 5.41) is 8.98. The number of nitrogens with one attached hydrogen (secondary N) is 3. The predicted molar refractivity (Wildman–Crippen MR) is 158 cm³/mol. The van der Waals surface area contributed by atoms with Gasteiger partial charge in [-0.3, -0.25) is 19.3 Å². The molecule has 1 aromatic carbocycles. The number of nitrogens with zero attached hydrogens (tertiary/aromatic N) is 2. The van der Waals surface area contributed by atoms with Gasteiger partial charge in [0.2, 0.25) is 17.7 Å². The highest BCUT2D eigenvalue weighted by molar-refractivity contribution is 5.93. The molecule has 2 aliphatic heterocycles. The number of carbonyl (C=O) groups excluding carboxylic acids is 3. The number of halogens is 3. The molecule has 0 unspecified atom stereocenters. The van der Waals surface area contributed by atoms with Gasteiger partial charge in [-0.1, -0.05) is 43.5 Å². The summed E-state index contributed by atoms with van der Waals surface area (Å²) >= 11 is 0. The van der Waals surface area contributed by atoms with Gasteiger partial charge in [0.25, 0.3) is 0 Å². The van der Waals surface area contributed by atoms with Crippen LogP contribution in [0.15, 0.2) is 24.3 Å². The summed E-state index contributed by atoms with van der Waals surface area (Å²) < 4.78 is 15.0. The molecule has 2 aliphatic carbocycles. The Balaban J connectivity index is 0.00000220. The van der Waals surface area contributed by atoms with Crippen LogP contribution >= 0.6 is 24.8 Å². The lowest BCUT2D eigenvalue weighted by molar-refractivity contribution is -0.149. The number of hydrogen-bond donors (Lipinski definition) is 3. The van der Waals surface area contributed by atoms with Gasteiger partial charge < -0.3 is 20.9 Å². The molecule has 6 atom stereocenters. The zero-order chi connectivity index (χ0) is 26.8. The molecule has 0 spiro atoms. The Bertz CT molecular complexity index is 1040. The molecule has 0 bridgehead atoms. The fourth-order valence-electron chi connectivity index (χ4n) is 6.89. The van der Waals surface area contributed by atoms with E-state index in [1.165, 1.54) is 0 Å². The lowest BCUT2D eigenvalue weighted by atomic mass is 9.82. The molecule has 11 heteroatoms. The second-order valence-corrected chi connectivity index (χ2v) is 11.6. The van der Waals surface area contributed by atoms with E-state index in [0.29, 0.717) is 13.1 Å². The molecule has 5 rings (SSSR count). The standard InChI is InChI=1S/C29H42FN5O3.2ClH/c1-18(31-2)27(36)32-25(19-9-4-3-5-10-19)29(38)35-16-21-12-8-14-34(21)17-24(35)28(37)33-26-22-13-7-6-11-20(22)15-23(26)30;;/h6-7,11,13,18-19,21,23-26,31H,3-5,8-10,12,14-17H2,1-2H3,(H,32,36)(H,33,37);2*1H/t18-,21+,23-,24-,25-,26-;;/m0../s1. The van der Waals surface area contributed by atoms with E-state index in [2.05, 4.69) is 20.9 Å². The molecule has 3 fully saturated rings. The van der Waals surface area contributed by atoms with Gasteiger partial charge in [-0.2, -0.15) is 0 Å². The van der Waals surface area contributed by atoms with Gasteiger partial charge in [0.05, 0.1) is 12.1 Å². The number of benzene rings is 1. The lowest BCUT2D eigenvalue weighted by Gasteiger charge is -2.45. The van der Waals surface area contributed by atoms with Crippen molar-refractivity contribution in [2.45, 2.75) is 94.7 Å². The van der Waals surface area contributed by atoms with E-state index in [-0.39, 0.29) is 60.9 Å². The van der Waals surface area contributed by atoms with Crippen molar-refractivity contribution in [3.8, 4) is 0 Å². The van der Waals surface area contributed by atoms with Gasteiger partial charge in [0.15, 0.2) is 0 Å². The first-order chi connectivity index (χ1) is 18.4. The predicted octanol–water partition coefficient (Wildman–Crippen LogP) is 2.93. The van der Waals surface area contributed by atoms with Crippen molar-refractivity contribution < 1.29 is 18.8 Å². The quantitative estimate of drug-likeness (QED) is 0.448. The van der Waals surface area contributed by atoms with Crippen molar-refractivity contribution in [2.75, 3.05) is 26.7 Å². The van der Waals surface area contributed by atoms with Crippen LogP contribution in [0.3, 0.4) is 0 Å². The number of rotatable bonds is 7. The van der Waals surface area contributed by atoms with Crippen LogP contribution in [0.4, 0.5) is 4.39 Å². The molecule has 4 aliphatic rings. The van der Waals surface area contributed by atoms with Gasteiger partial charge in [0.1, 0.15) is 18.3 Å². The van der Waals surface area contributed by atoms with Crippen molar-refractivity contribution in [1.29, 1.82) is 0 Å². The molecular formula is C29H44Cl2FN5O3. The van der Waals surface area contributed by atoms with E-state index in [9.17, 15) is 14.4 Å². The van der Waals surface area contributed by atoms with Crippen LogP contribution in [0.2, 0.25) is 0 Å². The molecule has 3 amide bonds. The van der Waals surface area contributed by atoms with E-state index >= 15 is 4.39 Å². The highest BCUT2D eigenvalue weighted by atomic mass is 35.5. The third kappa shape index (κ3) is 6.75. The zero-order valence-electron chi connectivity index (χ0n) is 23.4. The summed E-state index contributed by atoms with van der Waals surface area (Å²) in [5.41, 5.74) is 1.73. The average molecular weight is 601 g/mol. The summed E-state index contributed by atoms with van der Waals surface area (Å²) in [7, 11) is 1.72. The summed E-state index contributed by atoms with van der Waals surface area (Å²) in [4.78, 5) is 45.0. The zero-order valence-corrected chi connectivity index (χ0v) is 25.1. The van der Waals surface area contributed by atoms with Crippen LogP contribution in [0.1, 0.15) is 69.0 Å². The molecule has 1 saturated carbocycles. The van der Waals surface area contributed by atoms with E-state index in [0.717, 1.165) is 62.6 Å². The number of likely N-dealkylation sites (N-methyl/N-ethyl adjacent to an activating group) is 1. The van der Waals surface area contributed by atoms with Crippen LogP contribution < -0.4 is 16.0 Å². The van der Waals surface area contributed by atoms with Crippen molar-refractivity contribution in [3.05, 3.63) is 35.4 Å². The number of fused-ring (bicyclic) bond motifs is 2. The van der Waals surface area contributed by atoms with Crippen LogP contribution in [0.5, 0.6) is 0 Å². The Morgan fingerprint density at radius 2 is 1.73 bits per heavy atom. The lowest BCUT2D eigenvalue weighted by Crippen LogP contribution is -2.66. The molecule has 0 aromatic heterocycles. The van der Waals surface area contributed by atoms with Gasteiger partial charge in [0, 0.05) is 25.6 Å². The van der Waals surface area contributed by atoms with E-state index < -0.39 is 30.3 Å². The molecule has 2 saturated heterocycles. The third-order valence-electron chi connectivity index (χ3n) is 9.25. The fourth-order valence-corrected chi connectivity index (χ4v) is 6.89. The molecule has 2 heterocycles. The Labute approximate surface area is 249 Å². The van der Waals surface area contributed by atoms with Gasteiger partial charge in [-0.05, 0) is 63.2 Å². The first-order valence-electron chi connectivity index (χ1n) is 14.4. The van der Waals surface area contributed by atoms with E-state index in [1.807, 2.05) is 24.3 Å². The van der Waals surface area contributed by atoms with E-state index in [4.69, 9.17) is 0 Å². The number of hydrogen-bond acceptors (Lipinski definition) is 5. The SMILES string of the molecule is CN[C@@H](C)C(=O)N[C@H](C(=O)N1C[C@H]2CCCN2C[C@H]1C(=O)N[C@H]1c2ccccc2C[C@@H]1F)C1CCCCC1.Cl.Cl. The summed E-state index contributed by atoms with van der Waals surface area (Å²) in [6, 6.07) is 5.22. The van der Waals surface area contributed by atoms with Crippen molar-refractivity contribution in [2.24, 2.45) is 5.92 Å². The normalized spacial score (nSPS) is 27.8. The maximum absolute atomic E-state index is 15.0. The maximum Gasteiger partial charge on any atom is 0.246 e. The maximum atomic E-state index is 15.0. The van der Waals surface area contributed by atoms with Gasteiger partial charge in [-0.15, -0.1) is 24.8 Å². The van der Waals surface area contributed by atoms with Crippen molar-refractivity contribution >= 4 is 42.5 Å². The smallest absolute Gasteiger partial charge is 0.246 e. The third-order valence-corrected chi connectivity index (χ3v) is 9.25. The fraction of sp³-hybridized carbons (Fsp3) is 0.690. The minimum absolute atomic E-state index is 0. The minimum atomic E-state index is -1.19. The summed E-state index contributed by atoms with van der Waals surface area (Å²) in [6.07, 6.45) is 6.07. The Kier molecular flexibility index (Phi) is 11.6. The molecule has 1 aromatic rings. The number of piperazine rings is 1. The number of amides is 3. The average Bonchev–Trinajstić information content (AvgIpc) is 3.53. The minimum Gasteiger partial charge on any atom is -0.344 e. The molecule has 0 radical (unpaired) electrons. The van der Waals surface area contributed by atoms with Crippen LogP contribution in [-0.2, 0) is 20.8 Å². The number of carbonyl (C=O) groups is 3. The topological polar surface area (TPSA) is 93.8 Å². The van der Waals surface area contributed by atoms with E-state index in [1.54, 1.807) is 18.9 Å². The highest BCUT2D eigenvalue weighted by Crippen LogP contribution is 2.35. The van der Waals surface area contributed by atoms with Crippen molar-refractivity contribution in [1.82, 2.24) is 25.8 Å². The summed E-state index contributed by atoms with van der Waals surface area (Å²) in [6.45, 7) is 3.57. The van der Waals surface area contributed by atoms with Gasteiger partial charge in [-0.25, -0.2) is 4.39 Å². The molecule has 3 N–H and O–H groups in total. The molecule has 224 valence electrons. The largest absolute Gasteiger partial charge is 0.344 e. The monoisotopic (exact) mass is 599 g/mol. The molecular weight excluding hydrogens is 556 g/mol. The second-order valence-electron chi connectivity index (χ2n) is 11.6. The summed E-state index contributed by atoms with van der Waals surface area (Å²) in [5.74, 6) is -0.652. The van der Waals surface area contributed by atoms with Crippen LogP contribution in [0, 0.1) is 5.92 Å².